The highest BCUT2D eigenvalue weighted by molar-refractivity contribution is 5.80. The van der Waals surface area contributed by atoms with E-state index in [0.29, 0.717) is 25.5 Å². The Morgan fingerprint density at radius 3 is 2.80 bits per heavy atom. The van der Waals surface area contributed by atoms with Gasteiger partial charge >= 0.3 is 0 Å². The summed E-state index contributed by atoms with van der Waals surface area (Å²) in [4.78, 5) is 16.8. The number of amides is 1. The molecule has 0 aromatic rings. The van der Waals surface area contributed by atoms with Crippen LogP contribution in [-0.2, 0) is 9.53 Å². The minimum atomic E-state index is -0.256. The van der Waals surface area contributed by atoms with Gasteiger partial charge < -0.3 is 14.7 Å². The first kappa shape index (κ1) is 14.0. The molecule has 1 amide bonds. The molecule has 0 spiro atoms. The zero-order valence-corrected chi connectivity index (χ0v) is 11.9. The Hall–Kier alpha value is -0.910. The number of piperazine rings is 1. The third-order valence-electron chi connectivity index (χ3n) is 4.80. The van der Waals surface area contributed by atoms with Gasteiger partial charge in [-0.15, -0.1) is 6.58 Å². The Morgan fingerprint density at radius 2 is 2.10 bits per heavy atom. The van der Waals surface area contributed by atoms with Crippen molar-refractivity contribution in [2.75, 3.05) is 32.8 Å². The molecule has 2 atom stereocenters. The topological polar surface area (TPSA) is 53.0 Å². The minimum Gasteiger partial charge on any atom is -0.393 e. The van der Waals surface area contributed by atoms with Crippen LogP contribution < -0.4 is 0 Å². The van der Waals surface area contributed by atoms with Gasteiger partial charge in [0, 0.05) is 38.1 Å². The van der Waals surface area contributed by atoms with E-state index in [1.165, 1.54) is 0 Å². The van der Waals surface area contributed by atoms with E-state index in [0.717, 1.165) is 32.6 Å². The van der Waals surface area contributed by atoms with Crippen LogP contribution in [0.2, 0.25) is 0 Å². The fourth-order valence-electron chi connectivity index (χ4n) is 3.57. The molecule has 2 aliphatic heterocycles. The van der Waals surface area contributed by atoms with Crippen molar-refractivity contribution in [2.45, 2.75) is 37.5 Å². The first-order valence-corrected chi connectivity index (χ1v) is 7.60. The largest absolute Gasteiger partial charge is 0.393 e. The molecule has 5 nitrogen and oxygen atoms in total. The second kappa shape index (κ2) is 5.84. The predicted molar refractivity (Wildman–Crippen MR) is 75.2 cm³/mol. The fraction of sp³-hybridized carbons (Fsp3) is 0.800. The highest BCUT2D eigenvalue weighted by atomic mass is 16.5. The first-order chi connectivity index (χ1) is 9.67. The molecular weight excluding hydrogens is 256 g/mol. The molecule has 5 heteroatoms. The lowest BCUT2D eigenvalue weighted by Crippen LogP contribution is -2.55. The molecule has 3 aliphatic rings. The third kappa shape index (κ3) is 2.75. The summed E-state index contributed by atoms with van der Waals surface area (Å²) in [6.07, 6.45) is 4.11. The van der Waals surface area contributed by atoms with E-state index in [1.54, 1.807) is 6.08 Å². The summed E-state index contributed by atoms with van der Waals surface area (Å²) in [6, 6.07) is 0.438. The number of carbonyl (C=O) groups is 1. The Bertz CT molecular complexity index is 381. The SMILES string of the molecule is C=CCOC1CC2CN(C(=O)C3CC(O)C3)CCN2C1. The standard InChI is InChI=1S/C15H24N2O3/c1-2-5-20-14-8-12-9-17(4-3-16(12)10-14)15(19)11-6-13(18)7-11/h2,11-14,18H,1,3-10H2. The Balaban J connectivity index is 1.51. The summed E-state index contributed by atoms with van der Waals surface area (Å²) >= 11 is 0. The molecule has 112 valence electrons. The summed E-state index contributed by atoms with van der Waals surface area (Å²) in [5, 5.41) is 9.33. The van der Waals surface area contributed by atoms with Crippen molar-refractivity contribution in [3.63, 3.8) is 0 Å². The molecule has 2 saturated heterocycles. The summed E-state index contributed by atoms with van der Waals surface area (Å²) in [5.41, 5.74) is 0. The van der Waals surface area contributed by atoms with E-state index < -0.39 is 0 Å². The van der Waals surface area contributed by atoms with Crippen molar-refractivity contribution in [1.82, 2.24) is 9.80 Å². The molecule has 2 unspecified atom stereocenters. The Kier molecular flexibility index (Phi) is 4.10. The lowest BCUT2D eigenvalue weighted by Gasteiger charge is -2.41. The Morgan fingerprint density at radius 1 is 1.30 bits per heavy atom. The van der Waals surface area contributed by atoms with E-state index >= 15 is 0 Å². The van der Waals surface area contributed by atoms with E-state index in [9.17, 15) is 9.90 Å². The van der Waals surface area contributed by atoms with Gasteiger partial charge in [0.15, 0.2) is 0 Å². The zero-order chi connectivity index (χ0) is 14.1. The third-order valence-corrected chi connectivity index (χ3v) is 4.80. The Labute approximate surface area is 120 Å². The van der Waals surface area contributed by atoms with Crippen LogP contribution in [0.1, 0.15) is 19.3 Å². The van der Waals surface area contributed by atoms with Crippen LogP contribution in [-0.4, -0.2) is 71.8 Å². The zero-order valence-electron chi connectivity index (χ0n) is 11.9. The number of hydrogen-bond acceptors (Lipinski definition) is 4. The molecular formula is C15H24N2O3. The number of aliphatic hydroxyl groups excluding tert-OH is 1. The van der Waals surface area contributed by atoms with Gasteiger partial charge in [-0.05, 0) is 19.3 Å². The van der Waals surface area contributed by atoms with Crippen molar-refractivity contribution in [3.05, 3.63) is 12.7 Å². The summed E-state index contributed by atoms with van der Waals surface area (Å²) in [7, 11) is 0. The van der Waals surface area contributed by atoms with E-state index in [-0.39, 0.29) is 24.0 Å². The maximum atomic E-state index is 12.3. The summed E-state index contributed by atoms with van der Waals surface area (Å²) in [6.45, 7) is 7.84. The molecule has 20 heavy (non-hydrogen) atoms. The van der Waals surface area contributed by atoms with Crippen molar-refractivity contribution in [1.29, 1.82) is 0 Å². The number of rotatable bonds is 4. The second-order valence-electron chi connectivity index (χ2n) is 6.23. The van der Waals surface area contributed by atoms with E-state index in [4.69, 9.17) is 4.74 Å². The molecule has 1 N–H and O–H groups in total. The number of aliphatic hydroxyl groups is 1. The number of fused-ring (bicyclic) bond motifs is 1. The van der Waals surface area contributed by atoms with Crippen molar-refractivity contribution in [3.8, 4) is 0 Å². The van der Waals surface area contributed by atoms with E-state index in [2.05, 4.69) is 11.5 Å². The molecule has 1 saturated carbocycles. The van der Waals surface area contributed by atoms with Gasteiger partial charge in [0.2, 0.25) is 5.91 Å². The molecule has 0 radical (unpaired) electrons. The van der Waals surface area contributed by atoms with Gasteiger partial charge in [-0.25, -0.2) is 0 Å². The lowest BCUT2D eigenvalue weighted by atomic mass is 9.81. The highest BCUT2D eigenvalue weighted by Crippen LogP contribution is 2.31. The van der Waals surface area contributed by atoms with Gasteiger partial charge in [0.1, 0.15) is 0 Å². The fourth-order valence-corrected chi connectivity index (χ4v) is 3.57. The lowest BCUT2D eigenvalue weighted by molar-refractivity contribution is -0.144. The molecule has 0 bridgehead atoms. The average molecular weight is 280 g/mol. The molecule has 0 aromatic heterocycles. The normalized spacial score (nSPS) is 37.4. The van der Waals surface area contributed by atoms with Gasteiger partial charge in [-0.3, -0.25) is 9.69 Å². The van der Waals surface area contributed by atoms with Crippen LogP contribution in [0, 0.1) is 5.92 Å². The first-order valence-electron chi connectivity index (χ1n) is 7.60. The molecule has 1 aliphatic carbocycles. The van der Waals surface area contributed by atoms with Crippen LogP contribution in [0.15, 0.2) is 12.7 Å². The van der Waals surface area contributed by atoms with Gasteiger partial charge in [0.25, 0.3) is 0 Å². The quantitative estimate of drug-likeness (QED) is 0.750. The summed E-state index contributed by atoms with van der Waals surface area (Å²) < 4.78 is 5.74. The van der Waals surface area contributed by atoms with Crippen LogP contribution in [0.5, 0.6) is 0 Å². The monoisotopic (exact) mass is 280 g/mol. The van der Waals surface area contributed by atoms with Gasteiger partial charge in [0.05, 0.1) is 18.8 Å². The van der Waals surface area contributed by atoms with Crippen LogP contribution in [0.4, 0.5) is 0 Å². The predicted octanol–water partition coefficient (Wildman–Crippen LogP) is 0.245. The summed E-state index contributed by atoms with van der Waals surface area (Å²) in [5.74, 6) is 0.302. The molecule has 2 heterocycles. The number of hydrogen-bond donors (Lipinski definition) is 1. The maximum absolute atomic E-state index is 12.3. The maximum Gasteiger partial charge on any atom is 0.225 e. The molecule has 3 fully saturated rings. The van der Waals surface area contributed by atoms with Gasteiger partial charge in [-0.2, -0.15) is 0 Å². The van der Waals surface area contributed by atoms with Crippen molar-refractivity contribution in [2.24, 2.45) is 5.92 Å². The number of ether oxygens (including phenoxy) is 1. The van der Waals surface area contributed by atoms with Crippen LogP contribution in [0.3, 0.4) is 0 Å². The number of carbonyl (C=O) groups excluding carboxylic acids is 1. The molecule has 0 aromatic carbocycles. The highest BCUT2D eigenvalue weighted by Gasteiger charge is 2.41. The minimum absolute atomic E-state index is 0.0609. The van der Waals surface area contributed by atoms with E-state index in [1.807, 2.05) is 4.90 Å². The smallest absolute Gasteiger partial charge is 0.225 e. The van der Waals surface area contributed by atoms with Crippen LogP contribution in [0.25, 0.3) is 0 Å². The van der Waals surface area contributed by atoms with Crippen molar-refractivity contribution < 1.29 is 14.6 Å². The average Bonchev–Trinajstić information content (AvgIpc) is 2.82. The molecule has 3 rings (SSSR count). The van der Waals surface area contributed by atoms with Crippen molar-refractivity contribution >= 4 is 5.91 Å². The number of nitrogens with zero attached hydrogens (tertiary/aromatic N) is 2. The van der Waals surface area contributed by atoms with Gasteiger partial charge in [-0.1, -0.05) is 6.08 Å². The van der Waals surface area contributed by atoms with Crippen LogP contribution >= 0.6 is 0 Å². The second-order valence-corrected chi connectivity index (χ2v) is 6.23.